The molecule has 9 heteroatoms. The number of pyridine rings is 1. The van der Waals surface area contributed by atoms with Gasteiger partial charge in [-0.3, -0.25) is 9.59 Å². The SMILES string of the molecule is C=CC(=O)NCCCC[C@H](NC(=O)Nc1ccccc1)C(=O)N1CCN(c2cccc(C)n2)CC1. The average molecular weight is 479 g/mol. The summed E-state index contributed by atoms with van der Waals surface area (Å²) >= 11 is 0. The van der Waals surface area contributed by atoms with Crippen LogP contribution in [-0.4, -0.2) is 66.5 Å². The predicted molar refractivity (Wildman–Crippen MR) is 137 cm³/mol. The number of carbonyl (C=O) groups excluding carboxylic acids is 3. The third-order valence-corrected chi connectivity index (χ3v) is 5.83. The molecule has 1 saturated heterocycles. The Labute approximate surface area is 206 Å². The summed E-state index contributed by atoms with van der Waals surface area (Å²) in [5.41, 5.74) is 1.61. The highest BCUT2D eigenvalue weighted by atomic mass is 16.2. The molecule has 1 aliphatic rings. The number of benzene rings is 1. The number of hydrogen-bond donors (Lipinski definition) is 3. The van der Waals surface area contributed by atoms with Crippen LogP contribution in [0.1, 0.15) is 25.0 Å². The van der Waals surface area contributed by atoms with Crippen molar-refractivity contribution in [3.63, 3.8) is 0 Å². The summed E-state index contributed by atoms with van der Waals surface area (Å²) in [7, 11) is 0. The fourth-order valence-corrected chi connectivity index (χ4v) is 3.94. The van der Waals surface area contributed by atoms with Gasteiger partial charge < -0.3 is 25.8 Å². The molecule has 1 aromatic carbocycles. The van der Waals surface area contributed by atoms with Crippen molar-refractivity contribution in [3.8, 4) is 0 Å². The van der Waals surface area contributed by atoms with Gasteiger partial charge in [0, 0.05) is 44.1 Å². The fourth-order valence-electron chi connectivity index (χ4n) is 3.94. The van der Waals surface area contributed by atoms with E-state index in [2.05, 4.69) is 32.4 Å². The first-order valence-corrected chi connectivity index (χ1v) is 12.0. The monoisotopic (exact) mass is 478 g/mol. The first-order valence-electron chi connectivity index (χ1n) is 12.0. The molecule has 1 fully saturated rings. The lowest BCUT2D eigenvalue weighted by atomic mass is 10.1. The lowest BCUT2D eigenvalue weighted by Crippen LogP contribution is -2.55. The largest absolute Gasteiger partial charge is 0.353 e. The molecule has 0 bridgehead atoms. The van der Waals surface area contributed by atoms with E-state index in [0.717, 1.165) is 11.5 Å². The van der Waals surface area contributed by atoms with Gasteiger partial charge in [0.1, 0.15) is 11.9 Å². The van der Waals surface area contributed by atoms with Crippen LogP contribution in [-0.2, 0) is 9.59 Å². The van der Waals surface area contributed by atoms with Gasteiger partial charge in [0.15, 0.2) is 0 Å². The van der Waals surface area contributed by atoms with Gasteiger partial charge in [-0.25, -0.2) is 9.78 Å². The highest BCUT2D eigenvalue weighted by Crippen LogP contribution is 2.16. The zero-order chi connectivity index (χ0) is 25.0. The number of nitrogens with one attached hydrogen (secondary N) is 3. The van der Waals surface area contributed by atoms with Crippen molar-refractivity contribution in [3.05, 3.63) is 66.9 Å². The van der Waals surface area contributed by atoms with E-state index in [-0.39, 0.29) is 11.8 Å². The van der Waals surface area contributed by atoms with E-state index < -0.39 is 12.1 Å². The molecule has 2 aromatic rings. The molecular formula is C26H34N6O3. The Morgan fingerprint density at radius 3 is 2.46 bits per heavy atom. The number of anilines is 2. The topological polar surface area (TPSA) is 107 Å². The molecule has 4 amide bonds. The van der Waals surface area contributed by atoms with E-state index in [1.165, 1.54) is 6.08 Å². The van der Waals surface area contributed by atoms with Gasteiger partial charge in [0.2, 0.25) is 11.8 Å². The highest BCUT2D eigenvalue weighted by molar-refractivity contribution is 5.93. The normalized spacial score (nSPS) is 14.1. The summed E-state index contributed by atoms with van der Waals surface area (Å²) in [4.78, 5) is 45.9. The first kappa shape index (κ1) is 25.7. The number of aromatic nitrogens is 1. The molecule has 186 valence electrons. The van der Waals surface area contributed by atoms with Crippen LogP contribution in [0.2, 0.25) is 0 Å². The molecule has 2 heterocycles. The number of amides is 4. The molecule has 3 N–H and O–H groups in total. The Morgan fingerprint density at radius 2 is 1.77 bits per heavy atom. The molecule has 9 nitrogen and oxygen atoms in total. The molecule has 0 unspecified atom stereocenters. The average Bonchev–Trinajstić information content (AvgIpc) is 2.88. The lowest BCUT2D eigenvalue weighted by molar-refractivity contribution is -0.133. The van der Waals surface area contributed by atoms with E-state index in [1.54, 1.807) is 17.0 Å². The van der Waals surface area contributed by atoms with Crippen molar-refractivity contribution in [1.29, 1.82) is 0 Å². The molecule has 0 spiro atoms. The Balaban J connectivity index is 1.57. The number of para-hydroxylation sites is 1. The number of unbranched alkanes of at least 4 members (excludes halogenated alkanes) is 1. The summed E-state index contributed by atoms with van der Waals surface area (Å²) < 4.78 is 0. The van der Waals surface area contributed by atoms with Crippen molar-refractivity contribution >= 4 is 29.4 Å². The van der Waals surface area contributed by atoms with Gasteiger partial charge in [-0.05, 0) is 56.5 Å². The van der Waals surface area contributed by atoms with Crippen LogP contribution in [0.25, 0.3) is 0 Å². The lowest BCUT2D eigenvalue weighted by Gasteiger charge is -2.37. The van der Waals surface area contributed by atoms with E-state index >= 15 is 0 Å². The molecule has 0 radical (unpaired) electrons. The Kier molecular flexibility index (Phi) is 9.65. The van der Waals surface area contributed by atoms with E-state index in [0.29, 0.717) is 57.7 Å². The minimum atomic E-state index is -0.655. The van der Waals surface area contributed by atoms with Crippen LogP contribution in [0.15, 0.2) is 61.2 Å². The van der Waals surface area contributed by atoms with Gasteiger partial charge in [0.05, 0.1) is 0 Å². The quantitative estimate of drug-likeness (QED) is 0.360. The van der Waals surface area contributed by atoms with Crippen LogP contribution in [0.5, 0.6) is 0 Å². The van der Waals surface area contributed by atoms with Gasteiger partial charge in [-0.1, -0.05) is 30.8 Å². The van der Waals surface area contributed by atoms with Gasteiger partial charge in [-0.2, -0.15) is 0 Å². The standard InChI is InChI=1S/C26H34N6O3/c1-3-24(33)27-15-8-7-13-22(30-26(35)29-21-11-5-4-6-12-21)25(34)32-18-16-31(17-19-32)23-14-9-10-20(2)28-23/h3-6,9-12,14,22H,1,7-8,13,15-19H2,2H3,(H,27,33)(H2,29,30,35)/t22-/m0/s1. The Bertz CT molecular complexity index is 1010. The van der Waals surface area contributed by atoms with Crippen LogP contribution >= 0.6 is 0 Å². The summed E-state index contributed by atoms with van der Waals surface area (Å²) in [6.45, 7) is 8.36. The molecule has 0 saturated carbocycles. The molecule has 1 aromatic heterocycles. The van der Waals surface area contributed by atoms with Crippen LogP contribution in [0, 0.1) is 6.92 Å². The first-order chi connectivity index (χ1) is 17.0. The summed E-state index contributed by atoms with van der Waals surface area (Å²) in [5, 5.41) is 8.37. The van der Waals surface area contributed by atoms with Crippen LogP contribution in [0.3, 0.4) is 0 Å². The van der Waals surface area contributed by atoms with Crippen molar-refractivity contribution in [2.75, 3.05) is 42.9 Å². The van der Waals surface area contributed by atoms with Crippen molar-refractivity contribution in [2.24, 2.45) is 0 Å². The third-order valence-electron chi connectivity index (χ3n) is 5.83. The molecule has 1 atom stereocenters. The highest BCUT2D eigenvalue weighted by Gasteiger charge is 2.29. The second-order valence-corrected chi connectivity index (χ2v) is 8.46. The number of carbonyl (C=O) groups is 3. The molecule has 1 aliphatic heterocycles. The number of rotatable bonds is 10. The maximum absolute atomic E-state index is 13.4. The summed E-state index contributed by atoms with van der Waals surface area (Å²) in [6, 6.07) is 14.0. The van der Waals surface area contributed by atoms with Crippen LogP contribution in [0.4, 0.5) is 16.3 Å². The second kappa shape index (κ2) is 13.1. The van der Waals surface area contributed by atoms with E-state index in [4.69, 9.17) is 0 Å². The van der Waals surface area contributed by atoms with Crippen molar-refractivity contribution < 1.29 is 14.4 Å². The Morgan fingerprint density at radius 1 is 1.03 bits per heavy atom. The van der Waals surface area contributed by atoms with Gasteiger partial charge >= 0.3 is 6.03 Å². The van der Waals surface area contributed by atoms with Crippen molar-refractivity contribution in [2.45, 2.75) is 32.2 Å². The number of piperazine rings is 1. The van der Waals surface area contributed by atoms with Crippen LogP contribution < -0.4 is 20.9 Å². The minimum Gasteiger partial charge on any atom is -0.353 e. The maximum atomic E-state index is 13.4. The smallest absolute Gasteiger partial charge is 0.319 e. The fraction of sp³-hybridized carbons (Fsp3) is 0.385. The predicted octanol–water partition coefficient (Wildman–Crippen LogP) is 2.70. The van der Waals surface area contributed by atoms with E-state index in [9.17, 15) is 14.4 Å². The van der Waals surface area contributed by atoms with E-state index in [1.807, 2.05) is 43.3 Å². The summed E-state index contributed by atoms with van der Waals surface area (Å²) in [5.74, 6) is 0.592. The zero-order valence-electron chi connectivity index (χ0n) is 20.2. The van der Waals surface area contributed by atoms with Gasteiger partial charge in [-0.15, -0.1) is 0 Å². The molecule has 3 rings (SSSR count). The number of hydrogen-bond acceptors (Lipinski definition) is 5. The second-order valence-electron chi connectivity index (χ2n) is 8.46. The number of urea groups is 1. The summed E-state index contributed by atoms with van der Waals surface area (Å²) in [6.07, 6.45) is 3.07. The molecule has 0 aliphatic carbocycles. The Hall–Kier alpha value is -3.88. The molecule has 35 heavy (non-hydrogen) atoms. The zero-order valence-corrected chi connectivity index (χ0v) is 20.2. The molecular weight excluding hydrogens is 444 g/mol. The van der Waals surface area contributed by atoms with Gasteiger partial charge in [0.25, 0.3) is 0 Å². The maximum Gasteiger partial charge on any atom is 0.319 e. The minimum absolute atomic E-state index is 0.0970. The number of aryl methyl sites for hydroxylation is 1. The number of nitrogens with zero attached hydrogens (tertiary/aromatic N) is 3. The third kappa shape index (κ3) is 8.13. The van der Waals surface area contributed by atoms with Crippen molar-refractivity contribution in [1.82, 2.24) is 20.5 Å².